The highest BCUT2D eigenvalue weighted by Gasteiger charge is 2.56. The maximum absolute atomic E-state index is 12.6. The average Bonchev–Trinajstić information content (AvgIpc) is 3.09. The van der Waals surface area contributed by atoms with E-state index in [9.17, 15) is 9.59 Å². The second kappa shape index (κ2) is 7.10. The Morgan fingerprint density at radius 1 is 1.17 bits per heavy atom. The first-order chi connectivity index (χ1) is 14.5. The Morgan fingerprint density at radius 3 is 2.57 bits per heavy atom. The number of benzene rings is 1. The zero-order chi connectivity index (χ0) is 20.8. The molecule has 3 aromatic rings. The third kappa shape index (κ3) is 3.17. The fraction of sp³-hybridized carbons (Fsp3) is 0.333. The fourth-order valence-corrected chi connectivity index (χ4v) is 4.55. The van der Waals surface area contributed by atoms with Gasteiger partial charge in [0, 0.05) is 67.5 Å². The average molecular weight is 406 g/mol. The number of piperidine rings is 1. The lowest BCUT2D eigenvalue weighted by Crippen LogP contribution is -2.36. The Bertz CT molecular complexity index is 1110. The third-order valence-corrected chi connectivity index (χ3v) is 6.14. The fourth-order valence-electron chi connectivity index (χ4n) is 4.55. The number of carbonyl (C=O) groups excluding carboxylic acids is 2. The van der Waals surface area contributed by atoms with Crippen molar-refractivity contribution in [1.29, 1.82) is 0 Å². The van der Waals surface area contributed by atoms with Gasteiger partial charge in [-0.05, 0) is 11.6 Å². The molecule has 9 heteroatoms. The molecule has 1 aliphatic heterocycles. The van der Waals surface area contributed by atoms with Crippen LogP contribution in [-0.4, -0.2) is 50.7 Å². The number of para-hydroxylation sites is 1. The molecule has 2 aliphatic rings. The number of hydroxylamine groups is 1. The molecule has 3 heterocycles. The van der Waals surface area contributed by atoms with Crippen LogP contribution in [0.25, 0.3) is 10.9 Å². The van der Waals surface area contributed by atoms with Gasteiger partial charge in [-0.25, -0.2) is 15.4 Å². The molecular formula is C21H22N6O3. The highest BCUT2D eigenvalue weighted by molar-refractivity contribution is 5.92. The summed E-state index contributed by atoms with van der Waals surface area (Å²) >= 11 is 0. The van der Waals surface area contributed by atoms with Crippen LogP contribution in [0.3, 0.4) is 0 Å². The van der Waals surface area contributed by atoms with Gasteiger partial charge in [0.2, 0.25) is 11.9 Å². The van der Waals surface area contributed by atoms with E-state index in [4.69, 9.17) is 5.21 Å². The number of rotatable bonds is 5. The molecule has 2 atom stereocenters. The van der Waals surface area contributed by atoms with Crippen LogP contribution in [0.2, 0.25) is 0 Å². The number of nitrogens with zero attached hydrogens (tertiary/aromatic N) is 4. The Hall–Kier alpha value is -3.46. The highest BCUT2D eigenvalue weighted by Crippen LogP contribution is 2.46. The molecule has 30 heavy (non-hydrogen) atoms. The van der Waals surface area contributed by atoms with E-state index in [1.807, 2.05) is 25.4 Å². The predicted molar refractivity (Wildman–Crippen MR) is 109 cm³/mol. The Morgan fingerprint density at radius 2 is 1.87 bits per heavy atom. The first-order valence-corrected chi connectivity index (χ1v) is 9.89. The van der Waals surface area contributed by atoms with Crippen molar-refractivity contribution in [1.82, 2.24) is 25.3 Å². The number of nitrogens with one attached hydrogen (secondary N) is 2. The van der Waals surface area contributed by atoms with E-state index in [-0.39, 0.29) is 17.5 Å². The van der Waals surface area contributed by atoms with Crippen molar-refractivity contribution in [2.75, 3.05) is 18.0 Å². The van der Waals surface area contributed by atoms with Gasteiger partial charge in [-0.2, -0.15) is 0 Å². The van der Waals surface area contributed by atoms with Gasteiger partial charge in [0.1, 0.15) is 0 Å². The normalized spacial score (nSPS) is 22.1. The summed E-state index contributed by atoms with van der Waals surface area (Å²) in [6.45, 7) is 1.55. The van der Waals surface area contributed by atoms with Crippen molar-refractivity contribution in [2.45, 2.75) is 12.5 Å². The van der Waals surface area contributed by atoms with Crippen LogP contribution < -0.4 is 15.7 Å². The maximum Gasteiger partial charge on any atom is 0.277 e. The van der Waals surface area contributed by atoms with Crippen LogP contribution in [0.15, 0.2) is 42.9 Å². The molecule has 9 nitrogen and oxygen atoms in total. The van der Waals surface area contributed by atoms with Crippen molar-refractivity contribution in [2.24, 2.45) is 18.9 Å². The van der Waals surface area contributed by atoms with Gasteiger partial charge >= 0.3 is 0 Å². The number of aromatic nitrogens is 3. The summed E-state index contributed by atoms with van der Waals surface area (Å²) in [4.78, 5) is 34.5. The molecular weight excluding hydrogens is 384 g/mol. The van der Waals surface area contributed by atoms with Crippen LogP contribution in [0.4, 0.5) is 5.95 Å². The minimum Gasteiger partial charge on any atom is -0.352 e. The topological polar surface area (TPSA) is 112 Å². The molecule has 1 aromatic carbocycles. The van der Waals surface area contributed by atoms with Crippen LogP contribution in [-0.2, 0) is 18.3 Å². The molecule has 0 bridgehead atoms. The minimum atomic E-state index is -0.639. The molecule has 0 radical (unpaired) electrons. The summed E-state index contributed by atoms with van der Waals surface area (Å²) in [6, 6.07) is 8.30. The zero-order valence-electron chi connectivity index (χ0n) is 16.4. The quantitative estimate of drug-likeness (QED) is 0.428. The van der Waals surface area contributed by atoms with Crippen LogP contribution in [0.1, 0.15) is 15.9 Å². The summed E-state index contributed by atoms with van der Waals surface area (Å²) in [5.41, 5.74) is 3.93. The van der Waals surface area contributed by atoms with E-state index in [2.05, 4.69) is 36.9 Å². The van der Waals surface area contributed by atoms with Gasteiger partial charge in [-0.1, -0.05) is 18.2 Å². The molecule has 154 valence electrons. The van der Waals surface area contributed by atoms with Gasteiger partial charge in [-0.3, -0.25) is 14.8 Å². The molecule has 1 saturated heterocycles. The van der Waals surface area contributed by atoms with Crippen LogP contribution >= 0.6 is 0 Å². The van der Waals surface area contributed by atoms with E-state index >= 15 is 0 Å². The number of anilines is 1. The smallest absolute Gasteiger partial charge is 0.277 e. The second-order valence-corrected chi connectivity index (χ2v) is 8.00. The SMILES string of the molecule is Cn1cc(CC(=O)NC2C3CN(c4ncc(C(=O)NO)cn4)CC32)c2ccccc21. The number of aryl methyl sites for hydroxylation is 1. The summed E-state index contributed by atoms with van der Waals surface area (Å²) in [6.07, 6.45) is 5.18. The Kier molecular flexibility index (Phi) is 4.39. The second-order valence-electron chi connectivity index (χ2n) is 8.00. The molecule has 1 aliphatic carbocycles. The molecule has 3 N–H and O–H groups in total. The van der Waals surface area contributed by atoms with Gasteiger partial charge in [0.05, 0.1) is 12.0 Å². The van der Waals surface area contributed by atoms with E-state index in [1.165, 1.54) is 12.4 Å². The standard InChI is InChI=1S/C21H22N6O3/c1-26-9-12(14-4-2-3-5-17(14)26)6-18(28)24-19-15-10-27(11-16(15)19)21-22-7-13(8-23-21)20(29)25-30/h2-5,7-9,15-16,19,30H,6,10-11H2,1H3,(H,24,28)(H,25,29). The zero-order valence-corrected chi connectivity index (χ0v) is 16.4. The molecule has 2 aromatic heterocycles. The molecule has 2 amide bonds. The third-order valence-electron chi connectivity index (χ3n) is 6.14. The number of hydrogen-bond acceptors (Lipinski definition) is 6. The van der Waals surface area contributed by atoms with Gasteiger partial charge < -0.3 is 14.8 Å². The monoisotopic (exact) mass is 406 g/mol. The van der Waals surface area contributed by atoms with E-state index in [1.54, 1.807) is 5.48 Å². The molecule has 2 unspecified atom stereocenters. The lowest BCUT2D eigenvalue weighted by molar-refractivity contribution is -0.120. The van der Waals surface area contributed by atoms with Crippen molar-refractivity contribution >= 4 is 28.7 Å². The van der Waals surface area contributed by atoms with Crippen molar-refractivity contribution in [3.8, 4) is 0 Å². The van der Waals surface area contributed by atoms with Crippen LogP contribution in [0, 0.1) is 11.8 Å². The van der Waals surface area contributed by atoms with Gasteiger partial charge in [0.15, 0.2) is 0 Å². The Balaban J connectivity index is 1.17. The maximum atomic E-state index is 12.6. The van der Waals surface area contributed by atoms with E-state index in [0.29, 0.717) is 24.2 Å². The molecule has 1 saturated carbocycles. The first kappa shape index (κ1) is 18.6. The molecule has 0 spiro atoms. The summed E-state index contributed by atoms with van der Waals surface area (Å²) in [7, 11) is 1.99. The Labute approximate surface area is 172 Å². The number of fused-ring (bicyclic) bond motifs is 2. The van der Waals surface area contributed by atoms with Crippen LogP contribution in [0.5, 0.6) is 0 Å². The van der Waals surface area contributed by atoms with E-state index < -0.39 is 5.91 Å². The van der Waals surface area contributed by atoms with Crippen molar-refractivity contribution in [3.63, 3.8) is 0 Å². The van der Waals surface area contributed by atoms with Crippen molar-refractivity contribution in [3.05, 3.63) is 54.0 Å². The first-order valence-electron chi connectivity index (χ1n) is 9.89. The number of hydrogen-bond donors (Lipinski definition) is 3. The lowest BCUT2D eigenvalue weighted by atomic mass is 10.1. The molecule has 5 rings (SSSR count). The minimum absolute atomic E-state index is 0.0490. The van der Waals surface area contributed by atoms with E-state index in [0.717, 1.165) is 29.6 Å². The summed E-state index contributed by atoms with van der Waals surface area (Å²) in [5, 5.41) is 13.0. The van der Waals surface area contributed by atoms with Gasteiger partial charge in [-0.15, -0.1) is 0 Å². The summed E-state index contributed by atoms with van der Waals surface area (Å²) < 4.78 is 2.05. The van der Waals surface area contributed by atoms with Gasteiger partial charge in [0.25, 0.3) is 5.91 Å². The lowest BCUT2D eigenvalue weighted by Gasteiger charge is -2.20. The van der Waals surface area contributed by atoms with Crippen molar-refractivity contribution < 1.29 is 14.8 Å². The summed E-state index contributed by atoms with van der Waals surface area (Å²) in [5.74, 6) is 0.751. The molecule has 2 fully saturated rings. The number of amides is 2. The predicted octanol–water partition coefficient (Wildman–Crippen LogP) is 0.881. The largest absolute Gasteiger partial charge is 0.352 e. The highest BCUT2D eigenvalue weighted by atomic mass is 16.5. The number of carbonyl (C=O) groups is 2.